The van der Waals surface area contributed by atoms with E-state index in [1.165, 1.54) is 42.2 Å². The smallest absolute Gasteiger partial charge is 0.126 e. The fourth-order valence-corrected chi connectivity index (χ4v) is 5.06. The summed E-state index contributed by atoms with van der Waals surface area (Å²) in [5, 5.41) is 0. The Morgan fingerprint density at radius 3 is 2.67 bits per heavy atom. The first kappa shape index (κ1) is 14.8. The second-order valence-electron chi connectivity index (χ2n) is 8.06. The number of benzene rings is 1. The molecule has 114 valence electrons. The maximum Gasteiger partial charge on any atom is 0.126 e. The van der Waals surface area contributed by atoms with Gasteiger partial charge in [0, 0.05) is 5.41 Å². The van der Waals surface area contributed by atoms with Crippen molar-refractivity contribution >= 4 is 6.29 Å². The molecule has 0 spiro atoms. The summed E-state index contributed by atoms with van der Waals surface area (Å²) in [5.41, 5.74) is 4.58. The number of hydrogen-bond acceptors (Lipinski definition) is 1. The van der Waals surface area contributed by atoms with E-state index in [4.69, 9.17) is 0 Å². The molecule has 0 saturated heterocycles. The molecule has 2 unspecified atom stereocenters. The van der Waals surface area contributed by atoms with Crippen molar-refractivity contribution in [1.82, 2.24) is 0 Å². The Morgan fingerprint density at radius 2 is 2.00 bits per heavy atom. The van der Waals surface area contributed by atoms with Crippen molar-refractivity contribution < 1.29 is 4.79 Å². The van der Waals surface area contributed by atoms with E-state index in [-0.39, 0.29) is 10.8 Å². The van der Waals surface area contributed by atoms with Gasteiger partial charge in [-0.05, 0) is 59.6 Å². The second kappa shape index (κ2) is 4.97. The molecule has 1 nitrogen and oxygen atoms in total. The van der Waals surface area contributed by atoms with Gasteiger partial charge in [-0.25, -0.2) is 0 Å². The zero-order chi connectivity index (χ0) is 15.3. The molecule has 0 heterocycles. The number of fused-ring (bicyclic) bond motifs is 3. The molecular weight excluding hydrogens is 256 g/mol. The SMILES string of the molecule is CC(C)c1ccc2c(c1)CCC1C2(C)CCC[C@@]1(C)C=O. The Labute approximate surface area is 129 Å². The molecule has 1 aromatic carbocycles. The lowest BCUT2D eigenvalue weighted by Gasteiger charge is -2.53. The van der Waals surface area contributed by atoms with Crippen LogP contribution in [-0.4, -0.2) is 6.29 Å². The largest absolute Gasteiger partial charge is 0.303 e. The van der Waals surface area contributed by atoms with Crippen LogP contribution in [0, 0.1) is 11.3 Å². The van der Waals surface area contributed by atoms with Gasteiger partial charge in [-0.2, -0.15) is 0 Å². The van der Waals surface area contributed by atoms with Crippen LogP contribution in [0.1, 0.15) is 76.0 Å². The first-order valence-corrected chi connectivity index (χ1v) is 8.50. The summed E-state index contributed by atoms with van der Waals surface area (Å²) in [5.74, 6) is 1.10. The van der Waals surface area contributed by atoms with Crippen LogP contribution in [0.2, 0.25) is 0 Å². The van der Waals surface area contributed by atoms with Gasteiger partial charge >= 0.3 is 0 Å². The molecule has 3 atom stereocenters. The number of rotatable bonds is 2. The number of aldehydes is 1. The van der Waals surface area contributed by atoms with Gasteiger partial charge < -0.3 is 4.79 Å². The van der Waals surface area contributed by atoms with Crippen LogP contribution in [0.15, 0.2) is 18.2 Å². The quantitative estimate of drug-likeness (QED) is 0.697. The third-order valence-electron chi connectivity index (χ3n) is 6.36. The Hall–Kier alpha value is -1.11. The maximum absolute atomic E-state index is 11.7. The monoisotopic (exact) mass is 284 g/mol. The van der Waals surface area contributed by atoms with Gasteiger partial charge in [0.05, 0.1) is 0 Å². The fraction of sp³-hybridized carbons (Fsp3) is 0.650. The average Bonchev–Trinajstić information content (AvgIpc) is 2.46. The summed E-state index contributed by atoms with van der Waals surface area (Å²) in [7, 11) is 0. The van der Waals surface area contributed by atoms with E-state index in [2.05, 4.69) is 45.9 Å². The molecule has 1 fully saturated rings. The number of carbonyl (C=O) groups is 1. The fourth-order valence-electron chi connectivity index (χ4n) is 5.06. The highest BCUT2D eigenvalue weighted by atomic mass is 16.1. The van der Waals surface area contributed by atoms with Crippen molar-refractivity contribution in [2.24, 2.45) is 11.3 Å². The molecule has 2 aliphatic carbocycles. The second-order valence-corrected chi connectivity index (χ2v) is 8.06. The lowest BCUT2D eigenvalue weighted by Crippen LogP contribution is -2.49. The van der Waals surface area contributed by atoms with Gasteiger partial charge in [-0.3, -0.25) is 0 Å². The van der Waals surface area contributed by atoms with Crippen LogP contribution < -0.4 is 0 Å². The van der Waals surface area contributed by atoms with E-state index < -0.39 is 0 Å². The third-order valence-corrected chi connectivity index (χ3v) is 6.36. The zero-order valence-electron chi connectivity index (χ0n) is 13.9. The lowest BCUT2D eigenvalue weighted by molar-refractivity contribution is -0.123. The van der Waals surface area contributed by atoms with Gasteiger partial charge in [-0.15, -0.1) is 0 Å². The van der Waals surface area contributed by atoms with Crippen molar-refractivity contribution in [3.63, 3.8) is 0 Å². The molecule has 0 radical (unpaired) electrons. The van der Waals surface area contributed by atoms with Crippen molar-refractivity contribution in [3.8, 4) is 0 Å². The van der Waals surface area contributed by atoms with Crippen LogP contribution in [0.5, 0.6) is 0 Å². The van der Waals surface area contributed by atoms with Crippen LogP contribution in [0.3, 0.4) is 0 Å². The van der Waals surface area contributed by atoms with Crippen molar-refractivity contribution in [2.45, 2.75) is 71.1 Å². The summed E-state index contributed by atoms with van der Waals surface area (Å²) < 4.78 is 0. The molecule has 0 aliphatic heterocycles. The molecule has 0 N–H and O–H groups in total. The topological polar surface area (TPSA) is 17.1 Å². The van der Waals surface area contributed by atoms with Gasteiger partial charge in [-0.1, -0.05) is 52.3 Å². The van der Waals surface area contributed by atoms with E-state index >= 15 is 0 Å². The van der Waals surface area contributed by atoms with Crippen LogP contribution in [-0.2, 0) is 16.6 Å². The summed E-state index contributed by atoms with van der Waals surface area (Å²) in [6.45, 7) is 9.12. The van der Waals surface area contributed by atoms with E-state index in [9.17, 15) is 4.79 Å². The molecule has 0 bridgehead atoms. The highest BCUT2D eigenvalue weighted by Crippen LogP contribution is 2.56. The summed E-state index contributed by atoms with van der Waals surface area (Å²) >= 11 is 0. The minimum Gasteiger partial charge on any atom is -0.303 e. The molecule has 1 aromatic rings. The Bertz CT molecular complexity index is 559. The molecule has 2 aliphatic rings. The van der Waals surface area contributed by atoms with Crippen molar-refractivity contribution in [1.29, 1.82) is 0 Å². The van der Waals surface area contributed by atoms with Gasteiger partial charge in [0.2, 0.25) is 0 Å². The Balaban J connectivity index is 2.07. The van der Waals surface area contributed by atoms with E-state index in [0.29, 0.717) is 11.8 Å². The number of hydrogen-bond donors (Lipinski definition) is 0. The predicted octanol–water partition coefficient (Wildman–Crippen LogP) is 5.02. The molecule has 21 heavy (non-hydrogen) atoms. The van der Waals surface area contributed by atoms with E-state index in [1.807, 2.05) is 0 Å². The Kier molecular flexibility index (Phi) is 3.50. The molecule has 0 amide bonds. The Morgan fingerprint density at radius 1 is 1.24 bits per heavy atom. The van der Waals surface area contributed by atoms with E-state index in [0.717, 1.165) is 12.8 Å². The number of aryl methyl sites for hydroxylation is 1. The number of carbonyl (C=O) groups excluding carboxylic acids is 1. The lowest BCUT2D eigenvalue weighted by atomic mass is 9.50. The van der Waals surface area contributed by atoms with Gasteiger partial charge in [0.15, 0.2) is 0 Å². The molecular formula is C20H28O. The first-order chi connectivity index (χ1) is 9.90. The zero-order valence-corrected chi connectivity index (χ0v) is 13.9. The van der Waals surface area contributed by atoms with Crippen molar-refractivity contribution in [2.75, 3.05) is 0 Å². The highest BCUT2D eigenvalue weighted by molar-refractivity contribution is 5.61. The minimum absolute atomic E-state index is 0.124. The van der Waals surface area contributed by atoms with Crippen LogP contribution in [0.25, 0.3) is 0 Å². The first-order valence-electron chi connectivity index (χ1n) is 8.50. The molecule has 0 aromatic heterocycles. The summed E-state index contributed by atoms with van der Waals surface area (Å²) in [6, 6.07) is 7.10. The highest BCUT2D eigenvalue weighted by Gasteiger charge is 2.51. The molecule has 1 saturated carbocycles. The van der Waals surface area contributed by atoms with E-state index in [1.54, 1.807) is 0 Å². The van der Waals surface area contributed by atoms with Crippen LogP contribution >= 0.6 is 0 Å². The minimum atomic E-state index is -0.124. The predicted molar refractivity (Wildman–Crippen MR) is 87.7 cm³/mol. The van der Waals surface area contributed by atoms with Gasteiger partial charge in [0.1, 0.15) is 6.29 Å². The maximum atomic E-state index is 11.7. The standard InChI is InChI=1S/C20H28O/c1-14(2)15-6-8-17-16(12-15)7-9-18-19(3,13-21)10-5-11-20(17,18)4/h6,8,12-14,18H,5,7,9-11H2,1-4H3/t18?,19-,20?/m0/s1. The van der Waals surface area contributed by atoms with Crippen molar-refractivity contribution in [3.05, 3.63) is 34.9 Å². The van der Waals surface area contributed by atoms with Crippen LogP contribution in [0.4, 0.5) is 0 Å². The van der Waals surface area contributed by atoms with Gasteiger partial charge in [0.25, 0.3) is 0 Å². The normalized spacial score (nSPS) is 35.2. The molecule has 1 heteroatoms. The summed E-state index contributed by atoms with van der Waals surface area (Å²) in [6.07, 6.45) is 7.03. The molecule has 3 rings (SSSR count). The summed E-state index contributed by atoms with van der Waals surface area (Å²) in [4.78, 5) is 11.7. The average molecular weight is 284 g/mol. The third kappa shape index (κ3) is 2.17.